The van der Waals surface area contributed by atoms with Gasteiger partial charge in [-0.3, -0.25) is 4.79 Å². The van der Waals surface area contributed by atoms with Gasteiger partial charge in [0.1, 0.15) is 5.75 Å². The quantitative estimate of drug-likeness (QED) is 0.727. The molecule has 1 atom stereocenters. The summed E-state index contributed by atoms with van der Waals surface area (Å²) in [6.07, 6.45) is -4.87. The number of aryl methyl sites for hydroxylation is 1. The smallest absolute Gasteiger partial charge is 0.406 e. The Balaban J connectivity index is 1.95. The first kappa shape index (κ1) is 21.7. The van der Waals surface area contributed by atoms with Crippen molar-refractivity contribution in [3.63, 3.8) is 0 Å². The molecule has 28 heavy (non-hydrogen) atoms. The van der Waals surface area contributed by atoms with Crippen molar-refractivity contribution in [1.82, 2.24) is 10.0 Å². The zero-order valence-electron chi connectivity index (χ0n) is 15.1. The van der Waals surface area contributed by atoms with E-state index in [4.69, 9.17) is 0 Å². The zero-order valence-corrected chi connectivity index (χ0v) is 15.9. The van der Waals surface area contributed by atoms with Gasteiger partial charge in [-0.1, -0.05) is 24.3 Å². The molecule has 0 saturated heterocycles. The van der Waals surface area contributed by atoms with E-state index in [1.807, 2.05) is 31.2 Å². The summed E-state index contributed by atoms with van der Waals surface area (Å²) in [5.41, 5.74) is 1.89. The summed E-state index contributed by atoms with van der Waals surface area (Å²) in [5, 5.41) is 2.69. The molecule has 0 aliphatic rings. The van der Waals surface area contributed by atoms with Crippen LogP contribution in [0.1, 0.15) is 24.1 Å². The largest absolute Gasteiger partial charge is 0.573 e. The zero-order chi connectivity index (χ0) is 20.9. The number of sulfonamides is 1. The van der Waals surface area contributed by atoms with E-state index in [-0.39, 0.29) is 10.9 Å². The number of alkyl halides is 3. The third-order valence-electron chi connectivity index (χ3n) is 3.82. The van der Waals surface area contributed by atoms with Gasteiger partial charge in [0, 0.05) is 0 Å². The van der Waals surface area contributed by atoms with E-state index in [0.29, 0.717) is 0 Å². The van der Waals surface area contributed by atoms with Gasteiger partial charge < -0.3 is 10.1 Å². The summed E-state index contributed by atoms with van der Waals surface area (Å²) in [7, 11) is -4.07. The van der Waals surface area contributed by atoms with Gasteiger partial charge in [-0.25, -0.2) is 13.1 Å². The summed E-state index contributed by atoms with van der Waals surface area (Å²) < 4.78 is 66.6. The van der Waals surface area contributed by atoms with E-state index >= 15 is 0 Å². The molecule has 6 nitrogen and oxygen atoms in total. The third kappa shape index (κ3) is 6.24. The van der Waals surface area contributed by atoms with Crippen LogP contribution in [0.15, 0.2) is 53.4 Å². The fourth-order valence-electron chi connectivity index (χ4n) is 2.51. The lowest BCUT2D eigenvalue weighted by Gasteiger charge is -2.17. The number of nitrogens with one attached hydrogen (secondary N) is 2. The summed E-state index contributed by atoms with van der Waals surface area (Å²) >= 11 is 0. The van der Waals surface area contributed by atoms with Gasteiger partial charge in [0.05, 0.1) is 17.5 Å². The molecule has 0 aromatic heterocycles. The van der Waals surface area contributed by atoms with E-state index in [2.05, 4.69) is 14.8 Å². The molecule has 2 aromatic carbocycles. The molecule has 0 saturated carbocycles. The van der Waals surface area contributed by atoms with Crippen LogP contribution in [0, 0.1) is 6.92 Å². The van der Waals surface area contributed by atoms with Crippen molar-refractivity contribution in [3.05, 3.63) is 59.7 Å². The molecule has 10 heteroatoms. The van der Waals surface area contributed by atoms with Crippen LogP contribution in [-0.4, -0.2) is 27.2 Å². The van der Waals surface area contributed by atoms with Crippen LogP contribution < -0.4 is 14.8 Å². The van der Waals surface area contributed by atoms with E-state index in [0.717, 1.165) is 35.4 Å². The maximum absolute atomic E-state index is 12.2. The second-order valence-electron chi connectivity index (χ2n) is 5.99. The van der Waals surface area contributed by atoms with Gasteiger partial charge in [-0.15, -0.1) is 13.2 Å². The molecule has 0 aliphatic carbocycles. The highest BCUT2D eigenvalue weighted by Crippen LogP contribution is 2.23. The summed E-state index contributed by atoms with van der Waals surface area (Å²) in [5.74, 6) is -1.09. The molecule has 1 unspecified atom stereocenters. The lowest BCUT2D eigenvalue weighted by atomic mass is 10.0. The fraction of sp³-hybridized carbons (Fsp3) is 0.278. The average Bonchev–Trinajstić information content (AvgIpc) is 2.59. The van der Waals surface area contributed by atoms with Crippen LogP contribution in [0.4, 0.5) is 13.2 Å². The number of rotatable bonds is 7. The highest BCUT2D eigenvalue weighted by molar-refractivity contribution is 7.89. The first-order valence-electron chi connectivity index (χ1n) is 8.18. The minimum absolute atomic E-state index is 0.290. The number of carbonyl (C=O) groups is 1. The van der Waals surface area contributed by atoms with E-state index in [9.17, 15) is 26.4 Å². The molecule has 0 heterocycles. The minimum Gasteiger partial charge on any atom is -0.406 e. The lowest BCUT2D eigenvalue weighted by Crippen LogP contribution is -2.38. The fourth-order valence-corrected chi connectivity index (χ4v) is 3.49. The van der Waals surface area contributed by atoms with Crippen molar-refractivity contribution in [3.8, 4) is 5.75 Å². The standard InChI is InChI=1S/C18H19F3N2O4S/c1-12-5-3-4-6-16(12)13(2)23-17(24)11-22-28(25,26)15-9-7-14(8-10-15)27-18(19,20)21/h3-10,13,22H,11H2,1-2H3,(H,23,24). The molecule has 2 N–H and O–H groups in total. The molecule has 0 bridgehead atoms. The normalized spacial score (nSPS) is 13.0. The Bertz CT molecular complexity index is 929. The number of ether oxygens (including phenoxy) is 1. The van der Waals surface area contributed by atoms with Crippen molar-refractivity contribution in [2.24, 2.45) is 0 Å². The lowest BCUT2D eigenvalue weighted by molar-refractivity contribution is -0.274. The molecular weight excluding hydrogens is 397 g/mol. The number of benzene rings is 2. The van der Waals surface area contributed by atoms with Crippen molar-refractivity contribution >= 4 is 15.9 Å². The van der Waals surface area contributed by atoms with Crippen LogP contribution in [0.5, 0.6) is 5.75 Å². The monoisotopic (exact) mass is 416 g/mol. The van der Waals surface area contributed by atoms with Crippen LogP contribution >= 0.6 is 0 Å². The Hall–Kier alpha value is -2.59. The Morgan fingerprint density at radius 3 is 2.29 bits per heavy atom. The van der Waals surface area contributed by atoms with Gasteiger partial charge in [0.2, 0.25) is 15.9 Å². The van der Waals surface area contributed by atoms with Crippen molar-refractivity contribution < 1.29 is 31.1 Å². The number of amides is 1. The molecule has 0 radical (unpaired) electrons. The van der Waals surface area contributed by atoms with Crippen LogP contribution in [0.25, 0.3) is 0 Å². The first-order valence-corrected chi connectivity index (χ1v) is 9.66. The predicted octanol–water partition coefficient (Wildman–Crippen LogP) is 3.05. The summed E-state index contributed by atoms with van der Waals surface area (Å²) in [6, 6.07) is 10.8. The highest BCUT2D eigenvalue weighted by Gasteiger charge is 2.31. The van der Waals surface area contributed by atoms with Crippen LogP contribution in [0.2, 0.25) is 0 Å². The van der Waals surface area contributed by atoms with Crippen LogP contribution in [-0.2, 0) is 14.8 Å². The second-order valence-corrected chi connectivity index (χ2v) is 7.76. The molecule has 0 spiro atoms. The minimum atomic E-state index is -4.87. The maximum atomic E-state index is 12.2. The van der Waals surface area contributed by atoms with Gasteiger partial charge in [-0.2, -0.15) is 0 Å². The average molecular weight is 416 g/mol. The van der Waals surface area contributed by atoms with E-state index < -0.39 is 34.6 Å². The summed E-state index contributed by atoms with van der Waals surface area (Å²) in [6.45, 7) is 3.15. The van der Waals surface area contributed by atoms with Crippen molar-refractivity contribution in [2.45, 2.75) is 31.1 Å². The second kappa shape index (κ2) is 8.61. The topological polar surface area (TPSA) is 84.5 Å². The van der Waals surface area contributed by atoms with Gasteiger partial charge in [-0.05, 0) is 49.2 Å². The SMILES string of the molecule is Cc1ccccc1C(C)NC(=O)CNS(=O)(=O)c1ccc(OC(F)(F)F)cc1. The molecule has 0 fully saturated rings. The third-order valence-corrected chi connectivity index (χ3v) is 5.24. The first-order chi connectivity index (χ1) is 13.0. The summed E-state index contributed by atoms with van der Waals surface area (Å²) in [4.78, 5) is 11.8. The number of hydrogen-bond acceptors (Lipinski definition) is 4. The number of carbonyl (C=O) groups excluding carboxylic acids is 1. The van der Waals surface area contributed by atoms with E-state index in [1.54, 1.807) is 6.92 Å². The van der Waals surface area contributed by atoms with Crippen molar-refractivity contribution in [1.29, 1.82) is 0 Å². The highest BCUT2D eigenvalue weighted by atomic mass is 32.2. The van der Waals surface area contributed by atoms with Crippen LogP contribution in [0.3, 0.4) is 0 Å². The molecule has 2 aromatic rings. The Labute approximate surface area is 160 Å². The predicted molar refractivity (Wildman–Crippen MR) is 96.1 cm³/mol. The Morgan fingerprint density at radius 1 is 1.11 bits per heavy atom. The molecule has 1 amide bonds. The molecule has 0 aliphatic heterocycles. The Morgan fingerprint density at radius 2 is 1.71 bits per heavy atom. The molecule has 152 valence electrons. The molecule has 2 rings (SSSR count). The van der Waals surface area contributed by atoms with Gasteiger partial charge in [0.25, 0.3) is 0 Å². The maximum Gasteiger partial charge on any atom is 0.573 e. The van der Waals surface area contributed by atoms with E-state index in [1.165, 1.54) is 0 Å². The van der Waals surface area contributed by atoms with Gasteiger partial charge in [0.15, 0.2) is 0 Å². The Kier molecular flexibility index (Phi) is 6.68. The number of halogens is 3. The van der Waals surface area contributed by atoms with Crippen molar-refractivity contribution in [2.75, 3.05) is 6.54 Å². The number of hydrogen-bond donors (Lipinski definition) is 2. The molecular formula is C18H19F3N2O4S. The van der Waals surface area contributed by atoms with Gasteiger partial charge >= 0.3 is 6.36 Å².